The average Bonchev–Trinajstić information content (AvgIpc) is 2.08. The number of aliphatic carboxylic acids is 1. The highest BCUT2D eigenvalue weighted by molar-refractivity contribution is 7.81. The lowest BCUT2D eigenvalue weighted by molar-refractivity contribution is -0.136. The first kappa shape index (κ1) is 10.1. The van der Waals surface area contributed by atoms with E-state index in [1.165, 1.54) is 0 Å². The van der Waals surface area contributed by atoms with Crippen LogP contribution < -0.4 is 0 Å². The number of thiol groups is 1. The van der Waals surface area contributed by atoms with Gasteiger partial charge in [-0.15, -0.1) is 0 Å². The van der Waals surface area contributed by atoms with Gasteiger partial charge in [0.2, 0.25) is 0 Å². The van der Waals surface area contributed by atoms with Crippen LogP contribution in [0.5, 0.6) is 0 Å². The van der Waals surface area contributed by atoms with Gasteiger partial charge in [-0.1, -0.05) is 18.2 Å². The van der Waals surface area contributed by atoms with Crippen molar-refractivity contribution in [2.75, 3.05) is 0 Å². The molecule has 0 bridgehead atoms. The van der Waals surface area contributed by atoms with E-state index in [1.807, 2.05) is 26.0 Å². The highest BCUT2D eigenvalue weighted by Crippen LogP contribution is 2.25. The molecule has 1 aromatic rings. The summed E-state index contributed by atoms with van der Waals surface area (Å²) in [5.41, 5.74) is 2.87. The van der Waals surface area contributed by atoms with E-state index in [0.717, 1.165) is 16.7 Å². The van der Waals surface area contributed by atoms with Crippen molar-refractivity contribution in [3.05, 3.63) is 34.9 Å². The van der Waals surface area contributed by atoms with Crippen molar-refractivity contribution >= 4 is 18.6 Å². The second kappa shape index (κ2) is 3.83. The van der Waals surface area contributed by atoms with Crippen LogP contribution in [0, 0.1) is 13.8 Å². The predicted octanol–water partition coefficient (Wildman–Crippen LogP) is 2.36. The van der Waals surface area contributed by atoms with Crippen molar-refractivity contribution in [1.29, 1.82) is 0 Å². The number of benzene rings is 1. The standard InChI is InChI=1S/C10H12O2S/c1-6-4-3-5-8(7(6)2)9(13)10(11)12/h3-5,9,13H,1-2H3,(H,11,12). The summed E-state index contributed by atoms with van der Waals surface area (Å²) in [6, 6.07) is 5.61. The van der Waals surface area contributed by atoms with Gasteiger partial charge in [-0.3, -0.25) is 4.79 Å². The van der Waals surface area contributed by atoms with Crippen LogP contribution in [0.1, 0.15) is 21.9 Å². The summed E-state index contributed by atoms with van der Waals surface area (Å²) < 4.78 is 0. The highest BCUT2D eigenvalue weighted by atomic mass is 32.1. The molecule has 0 amide bonds. The molecular formula is C10H12O2S. The smallest absolute Gasteiger partial charge is 0.320 e. The van der Waals surface area contributed by atoms with Gasteiger partial charge in [0.15, 0.2) is 0 Å². The van der Waals surface area contributed by atoms with E-state index in [2.05, 4.69) is 12.6 Å². The lowest BCUT2D eigenvalue weighted by atomic mass is 10.0. The Morgan fingerprint density at radius 3 is 2.62 bits per heavy atom. The zero-order valence-corrected chi connectivity index (χ0v) is 8.51. The molecule has 13 heavy (non-hydrogen) atoms. The van der Waals surface area contributed by atoms with Crippen LogP contribution >= 0.6 is 12.6 Å². The fourth-order valence-electron chi connectivity index (χ4n) is 1.20. The first-order valence-electron chi connectivity index (χ1n) is 4.01. The summed E-state index contributed by atoms with van der Waals surface area (Å²) in [6.07, 6.45) is 0. The van der Waals surface area contributed by atoms with E-state index >= 15 is 0 Å². The molecule has 0 saturated heterocycles. The van der Waals surface area contributed by atoms with E-state index in [9.17, 15) is 4.79 Å². The number of carboxylic acid groups (broad SMARTS) is 1. The fourth-order valence-corrected chi connectivity index (χ4v) is 1.48. The van der Waals surface area contributed by atoms with Crippen molar-refractivity contribution in [3.63, 3.8) is 0 Å². The van der Waals surface area contributed by atoms with Gasteiger partial charge in [0.05, 0.1) is 0 Å². The summed E-state index contributed by atoms with van der Waals surface area (Å²) in [6.45, 7) is 3.87. The van der Waals surface area contributed by atoms with Crippen molar-refractivity contribution in [3.8, 4) is 0 Å². The Kier molecular flexibility index (Phi) is 2.98. The summed E-state index contributed by atoms with van der Waals surface area (Å²) in [4.78, 5) is 10.7. The van der Waals surface area contributed by atoms with Crippen molar-refractivity contribution in [1.82, 2.24) is 0 Å². The zero-order chi connectivity index (χ0) is 10.0. The molecule has 0 spiro atoms. The Hall–Kier alpha value is -0.960. The summed E-state index contributed by atoms with van der Waals surface area (Å²) in [5.74, 6) is -0.906. The number of aryl methyl sites for hydroxylation is 1. The molecular weight excluding hydrogens is 184 g/mol. The molecule has 2 nitrogen and oxygen atoms in total. The third kappa shape index (κ3) is 2.04. The van der Waals surface area contributed by atoms with E-state index in [1.54, 1.807) is 6.07 Å². The number of hydrogen-bond donors (Lipinski definition) is 2. The first-order chi connectivity index (χ1) is 6.04. The maximum atomic E-state index is 10.7. The molecule has 0 aromatic heterocycles. The number of rotatable bonds is 2. The van der Waals surface area contributed by atoms with Gasteiger partial charge < -0.3 is 5.11 Å². The van der Waals surface area contributed by atoms with Crippen molar-refractivity contribution < 1.29 is 9.90 Å². The number of hydrogen-bond acceptors (Lipinski definition) is 2. The van der Waals surface area contributed by atoms with Gasteiger partial charge in [-0.25, -0.2) is 0 Å². The summed E-state index contributed by atoms with van der Waals surface area (Å²) >= 11 is 4.03. The molecule has 0 radical (unpaired) electrons. The van der Waals surface area contributed by atoms with E-state index in [4.69, 9.17) is 5.11 Å². The van der Waals surface area contributed by atoms with Gasteiger partial charge in [-0.05, 0) is 30.5 Å². The molecule has 1 atom stereocenters. The van der Waals surface area contributed by atoms with Gasteiger partial charge >= 0.3 is 5.97 Å². The summed E-state index contributed by atoms with van der Waals surface area (Å²) in [7, 11) is 0. The van der Waals surface area contributed by atoms with E-state index in [-0.39, 0.29) is 0 Å². The first-order valence-corrected chi connectivity index (χ1v) is 4.52. The molecule has 0 heterocycles. The molecule has 0 fully saturated rings. The molecule has 0 saturated carbocycles. The predicted molar refractivity (Wildman–Crippen MR) is 55.3 cm³/mol. The molecule has 3 heteroatoms. The zero-order valence-electron chi connectivity index (χ0n) is 7.61. The van der Waals surface area contributed by atoms with Gasteiger partial charge in [0.25, 0.3) is 0 Å². The minimum Gasteiger partial charge on any atom is -0.480 e. The Morgan fingerprint density at radius 2 is 2.08 bits per heavy atom. The van der Waals surface area contributed by atoms with Crippen LogP contribution in [-0.2, 0) is 4.79 Å². The Bertz CT molecular complexity index is 334. The lowest BCUT2D eigenvalue weighted by Crippen LogP contribution is -2.07. The molecule has 0 aliphatic rings. The third-order valence-corrected chi connectivity index (χ3v) is 2.67. The Labute approximate surface area is 83.0 Å². The number of carboxylic acids is 1. The highest BCUT2D eigenvalue weighted by Gasteiger charge is 2.16. The van der Waals surface area contributed by atoms with Crippen LogP contribution in [-0.4, -0.2) is 11.1 Å². The second-order valence-electron chi connectivity index (χ2n) is 3.03. The molecule has 1 N–H and O–H groups in total. The van der Waals surface area contributed by atoms with Crippen LogP contribution in [0.25, 0.3) is 0 Å². The van der Waals surface area contributed by atoms with Crippen molar-refractivity contribution in [2.24, 2.45) is 0 Å². The van der Waals surface area contributed by atoms with Crippen LogP contribution in [0.3, 0.4) is 0 Å². The lowest BCUT2D eigenvalue weighted by Gasteiger charge is -2.11. The normalized spacial score (nSPS) is 12.5. The minimum absolute atomic E-state index is 0.722. The van der Waals surface area contributed by atoms with E-state index < -0.39 is 11.2 Å². The molecule has 1 rings (SSSR count). The van der Waals surface area contributed by atoms with Crippen LogP contribution in [0.4, 0.5) is 0 Å². The largest absolute Gasteiger partial charge is 0.480 e. The van der Waals surface area contributed by atoms with E-state index in [0.29, 0.717) is 0 Å². The maximum Gasteiger partial charge on any atom is 0.320 e. The minimum atomic E-state index is -0.906. The van der Waals surface area contributed by atoms with Gasteiger partial charge in [0, 0.05) is 0 Å². The third-order valence-electron chi connectivity index (χ3n) is 2.18. The Balaban J connectivity index is 3.15. The Morgan fingerprint density at radius 1 is 1.46 bits per heavy atom. The van der Waals surface area contributed by atoms with Crippen LogP contribution in [0.15, 0.2) is 18.2 Å². The quantitative estimate of drug-likeness (QED) is 0.712. The molecule has 0 aliphatic carbocycles. The molecule has 70 valence electrons. The molecule has 1 unspecified atom stereocenters. The second-order valence-corrected chi connectivity index (χ2v) is 3.55. The molecule has 0 aliphatic heterocycles. The molecule has 1 aromatic carbocycles. The topological polar surface area (TPSA) is 37.3 Å². The van der Waals surface area contributed by atoms with Crippen molar-refractivity contribution in [2.45, 2.75) is 19.1 Å². The monoisotopic (exact) mass is 196 g/mol. The SMILES string of the molecule is Cc1cccc(C(S)C(=O)O)c1C. The summed E-state index contributed by atoms with van der Waals surface area (Å²) in [5, 5.41) is 8.05. The maximum absolute atomic E-state index is 10.7. The average molecular weight is 196 g/mol. The van der Waals surface area contributed by atoms with Gasteiger partial charge in [-0.2, -0.15) is 12.6 Å². The number of carbonyl (C=O) groups is 1. The van der Waals surface area contributed by atoms with Crippen LogP contribution in [0.2, 0.25) is 0 Å². The fraction of sp³-hybridized carbons (Fsp3) is 0.300. The van der Waals surface area contributed by atoms with Gasteiger partial charge in [0.1, 0.15) is 5.25 Å².